The van der Waals surface area contributed by atoms with Crippen molar-refractivity contribution in [3.8, 4) is 0 Å². The van der Waals surface area contributed by atoms with Crippen molar-refractivity contribution in [2.24, 2.45) is 0 Å². The molecule has 1 aromatic rings. The van der Waals surface area contributed by atoms with Crippen LogP contribution in [0, 0.1) is 10.1 Å². The lowest BCUT2D eigenvalue weighted by Gasteiger charge is -1.97. The molecule has 3 nitrogen and oxygen atoms in total. The van der Waals surface area contributed by atoms with Crippen LogP contribution in [0.4, 0.5) is 0 Å². The van der Waals surface area contributed by atoms with Gasteiger partial charge in [-0.3, -0.25) is 10.1 Å². The first-order valence-corrected chi connectivity index (χ1v) is 4.32. The molecular formula is C7H5BrClNO2. The Morgan fingerprint density at radius 2 is 2.25 bits per heavy atom. The van der Waals surface area contributed by atoms with Crippen molar-refractivity contribution in [3.63, 3.8) is 0 Å². The summed E-state index contributed by atoms with van der Waals surface area (Å²) in [5.74, 6) is 0. The fourth-order valence-corrected chi connectivity index (χ4v) is 1.33. The molecule has 0 amide bonds. The molecule has 64 valence electrons. The van der Waals surface area contributed by atoms with E-state index in [-0.39, 0.29) is 11.5 Å². The van der Waals surface area contributed by atoms with Gasteiger partial charge in [-0.05, 0) is 28.1 Å². The molecule has 0 aliphatic carbocycles. The molecule has 12 heavy (non-hydrogen) atoms. The van der Waals surface area contributed by atoms with Gasteiger partial charge in [0.15, 0.2) is 0 Å². The largest absolute Gasteiger partial charge is 0.264 e. The van der Waals surface area contributed by atoms with Crippen molar-refractivity contribution in [1.29, 1.82) is 0 Å². The lowest BCUT2D eigenvalue weighted by molar-refractivity contribution is -0.496. The van der Waals surface area contributed by atoms with Crippen LogP contribution in [-0.2, 0) is 6.54 Å². The van der Waals surface area contributed by atoms with Crippen LogP contribution < -0.4 is 0 Å². The van der Waals surface area contributed by atoms with E-state index in [2.05, 4.69) is 15.9 Å². The summed E-state index contributed by atoms with van der Waals surface area (Å²) in [6.07, 6.45) is 0. The van der Waals surface area contributed by atoms with Gasteiger partial charge < -0.3 is 0 Å². The van der Waals surface area contributed by atoms with Crippen LogP contribution in [0.15, 0.2) is 22.7 Å². The van der Waals surface area contributed by atoms with Crippen molar-refractivity contribution in [2.45, 2.75) is 6.54 Å². The lowest BCUT2D eigenvalue weighted by atomic mass is 10.2. The lowest BCUT2D eigenvalue weighted by Crippen LogP contribution is -1.97. The number of nitrogens with zero attached hydrogens (tertiary/aromatic N) is 1. The summed E-state index contributed by atoms with van der Waals surface area (Å²) in [6.45, 7) is -0.171. The van der Waals surface area contributed by atoms with E-state index in [1.807, 2.05) is 0 Å². The summed E-state index contributed by atoms with van der Waals surface area (Å²) in [6, 6.07) is 4.91. The fourth-order valence-electron chi connectivity index (χ4n) is 0.787. The number of hydrogen-bond acceptors (Lipinski definition) is 2. The molecule has 0 atom stereocenters. The van der Waals surface area contributed by atoms with Crippen LogP contribution in [-0.4, -0.2) is 4.92 Å². The second-order valence-electron chi connectivity index (χ2n) is 2.24. The van der Waals surface area contributed by atoms with Crippen LogP contribution in [0.5, 0.6) is 0 Å². The van der Waals surface area contributed by atoms with E-state index in [0.717, 1.165) is 0 Å². The molecule has 0 heterocycles. The Labute approximate surface area is 82.6 Å². The minimum atomic E-state index is -0.379. The predicted molar refractivity (Wildman–Crippen MR) is 49.9 cm³/mol. The molecule has 0 aromatic heterocycles. The Morgan fingerprint density at radius 1 is 1.58 bits per heavy atom. The highest BCUT2D eigenvalue weighted by Crippen LogP contribution is 2.23. The molecular weight excluding hydrogens is 245 g/mol. The first kappa shape index (κ1) is 9.48. The monoisotopic (exact) mass is 249 g/mol. The van der Waals surface area contributed by atoms with Gasteiger partial charge in [0.1, 0.15) is 0 Å². The van der Waals surface area contributed by atoms with Crippen LogP contribution >= 0.6 is 27.5 Å². The zero-order valence-corrected chi connectivity index (χ0v) is 8.30. The average Bonchev–Trinajstić information content (AvgIpc) is 1.96. The van der Waals surface area contributed by atoms with Crippen molar-refractivity contribution < 1.29 is 4.92 Å². The maximum absolute atomic E-state index is 10.1. The number of benzene rings is 1. The average molecular weight is 250 g/mol. The summed E-state index contributed by atoms with van der Waals surface area (Å²) in [4.78, 5) is 9.74. The van der Waals surface area contributed by atoms with Gasteiger partial charge in [0.2, 0.25) is 6.54 Å². The van der Waals surface area contributed by atoms with Crippen LogP contribution in [0.25, 0.3) is 0 Å². The first-order chi connectivity index (χ1) is 5.59. The molecule has 0 N–H and O–H groups in total. The minimum Gasteiger partial charge on any atom is -0.264 e. The van der Waals surface area contributed by atoms with Gasteiger partial charge in [-0.1, -0.05) is 17.7 Å². The third kappa shape index (κ3) is 2.46. The van der Waals surface area contributed by atoms with E-state index in [0.29, 0.717) is 15.1 Å². The van der Waals surface area contributed by atoms with Crippen molar-refractivity contribution >= 4 is 27.5 Å². The summed E-state index contributed by atoms with van der Waals surface area (Å²) in [7, 11) is 0. The molecule has 1 aromatic carbocycles. The van der Waals surface area contributed by atoms with E-state index in [9.17, 15) is 10.1 Å². The van der Waals surface area contributed by atoms with E-state index >= 15 is 0 Å². The Bertz CT molecular complexity index is 316. The van der Waals surface area contributed by atoms with Gasteiger partial charge in [0.05, 0.1) is 5.02 Å². The van der Waals surface area contributed by atoms with Crippen molar-refractivity contribution in [3.05, 3.63) is 43.4 Å². The highest BCUT2D eigenvalue weighted by molar-refractivity contribution is 9.10. The number of rotatable bonds is 2. The quantitative estimate of drug-likeness (QED) is 0.598. The normalized spacial score (nSPS) is 9.83. The molecule has 0 bridgehead atoms. The molecule has 0 unspecified atom stereocenters. The first-order valence-electron chi connectivity index (χ1n) is 3.15. The zero-order chi connectivity index (χ0) is 9.14. The molecule has 5 heteroatoms. The molecule has 0 aliphatic heterocycles. The third-order valence-electron chi connectivity index (χ3n) is 1.30. The van der Waals surface area contributed by atoms with E-state index in [4.69, 9.17) is 11.6 Å². The van der Waals surface area contributed by atoms with E-state index in [1.54, 1.807) is 18.2 Å². The maximum Gasteiger partial charge on any atom is 0.228 e. The van der Waals surface area contributed by atoms with Gasteiger partial charge in [-0.2, -0.15) is 0 Å². The fraction of sp³-hybridized carbons (Fsp3) is 0.143. The molecule has 0 saturated heterocycles. The Hall–Kier alpha value is -0.610. The van der Waals surface area contributed by atoms with Crippen molar-refractivity contribution in [2.75, 3.05) is 0 Å². The number of halogens is 2. The van der Waals surface area contributed by atoms with E-state index < -0.39 is 0 Å². The maximum atomic E-state index is 10.1. The molecule has 0 aliphatic rings. The molecule has 1 rings (SSSR count). The van der Waals surface area contributed by atoms with Crippen molar-refractivity contribution in [1.82, 2.24) is 0 Å². The van der Waals surface area contributed by atoms with Gasteiger partial charge in [-0.25, -0.2) is 0 Å². The number of hydrogen-bond donors (Lipinski definition) is 0. The molecule has 0 fully saturated rings. The highest BCUT2D eigenvalue weighted by Gasteiger charge is 2.03. The minimum absolute atomic E-state index is 0.171. The van der Waals surface area contributed by atoms with Gasteiger partial charge in [0.25, 0.3) is 0 Å². The van der Waals surface area contributed by atoms with Gasteiger partial charge in [0, 0.05) is 15.0 Å². The third-order valence-corrected chi connectivity index (χ3v) is 2.51. The molecule has 0 radical (unpaired) electrons. The topological polar surface area (TPSA) is 43.1 Å². The highest BCUT2D eigenvalue weighted by atomic mass is 79.9. The van der Waals surface area contributed by atoms with Crippen LogP contribution in [0.1, 0.15) is 5.56 Å². The SMILES string of the molecule is O=[N+]([O-])Cc1ccc(Cl)c(Br)c1. The Kier molecular flexibility index (Phi) is 3.05. The van der Waals surface area contributed by atoms with E-state index in [1.165, 1.54) is 0 Å². The molecule has 0 spiro atoms. The van der Waals surface area contributed by atoms with Gasteiger partial charge in [-0.15, -0.1) is 0 Å². The Balaban J connectivity index is 2.89. The summed E-state index contributed by atoms with van der Waals surface area (Å²) >= 11 is 8.88. The summed E-state index contributed by atoms with van der Waals surface area (Å²) in [5.41, 5.74) is 0.635. The van der Waals surface area contributed by atoms with Crippen LogP contribution in [0.2, 0.25) is 5.02 Å². The summed E-state index contributed by atoms with van der Waals surface area (Å²) < 4.78 is 0.684. The number of nitro groups is 1. The predicted octanol–water partition coefficient (Wildman–Crippen LogP) is 2.88. The smallest absolute Gasteiger partial charge is 0.228 e. The second kappa shape index (κ2) is 3.87. The standard InChI is InChI=1S/C7H5BrClNO2/c8-6-3-5(4-10(11)12)1-2-7(6)9/h1-3H,4H2. The van der Waals surface area contributed by atoms with Gasteiger partial charge >= 0.3 is 0 Å². The Morgan fingerprint density at radius 3 is 2.75 bits per heavy atom. The zero-order valence-electron chi connectivity index (χ0n) is 5.96. The summed E-state index contributed by atoms with van der Waals surface area (Å²) in [5, 5.41) is 10.7. The molecule has 0 saturated carbocycles. The second-order valence-corrected chi connectivity index (χ2v) is 3.50. The van der Waals surface area contributed by atoms with Crippen LogP contribution in [0.3, 0.4) is 0 Å².